The number of benzene rings is 1. The molecule has 0 heterocycles. The maximum Gasteiger partial charge on any atom is 0.130 e. The fraction of sp³-hybridized carbons (Fsp3) is 0.647. The van der Waals surface area contributed by atoms with Crippen LogP contribution in [0.1, 0.15) is 57.6 Å². The van der Waals surface area contributed by atoms with E-state index in [1.165, 1.54) is 18.9 Å². The van der Waals surface area contributed by atoms with E-state index in [0.29, 0.717) is 11.5 Å². The van der Waals surface area contributed by atoms with Crippen molar-refractivity contribution in [2.75, 3.05) is 7.05 Å². The maximum atomic E-state index is 14.2. The Morgan fingerprint density at radius 1 is 1.20 bits per heavy atom. The Balaban J connectivity index is 2.38. The highest BCUT2D eigenvalue weighted by molar-refractivity contribution is 5.25. The molecule has 1 saturated carbocycles. The lowest BCUT2D eigenvalue weighted by Crippen LogP contribution is -2.36. The molecule has 0 amide bonds. The largest absolute Gasteiger partial charge is 0.312 e. The van der Waals surface area contributed by atoms with Crippen molar-refractivity contribution in [1.82, 2.24) is 5.32 Å². The van der Waals surface area contributed by atoms with Gasteiger partial charge in [-0.25, -0.2) is 8.78 Å². The summed E-state index contributed by atoms with van der Waals surface area (Å²) in [7, 11) is 1.88. The van der Waals surface area contributed by atoms with Gasteiger partial charge in [0.15, 0.2) is 0 Å². The maximum absolute atomic E-state index is 14.2. The summed E-state index contributed by atoms with van der Waals surface area (Å²) in [5, 5.41) is 3.30. The van der Waals surface area contributed by atoms with Crippen molar-refractivity contribution >= 4 is 0 Å². The van der Waals surface area contributed by atoms with Gasteiger partial charge in [0.2, 0.25) is 0 Å². The van der Waals surface area contributed by atoms with Crippen molar-refractivity contribution < 1.29 is 8.78 Å². The molecule has 2 rings (SSSR count). The van der Waals surface area contributed by atoms with E-state index in [1.807, 2.05) is 7.05 Å². The summed E-state index contributed by atoms with van der Waals surface area (Å²) in [4.78, 5) is 0. The van der Waals surface area contributed by atoms with Gasteiger partial charge >= 0.3 is 0 Å². The number of rotatable bonds is 5. The van der Waals surface area contributed by atoms with Gasteiger partial charge in [-0.05, 0) is 43.7 Å². The van der Waals surface area contributed by atoms with Crippen molar-refractivity contribution in [2.24, 2.45) is 11.3 Å². The Morgan fingerprint density at radius 3 is 2.35 bits per heavy atom. The van der Waals surface area contributed by atoms with Crippen molar-refractivity contribution in [2.45, 2.75) is 52.0 Å². The van der Waals surface area contributed by atoms with Crippen LogP contribution in [0.15, 0.2) is 18.2 Å². The van der Waals surface area contributed by atoms with Crippen LogP contribution in [-0.2, 0) is 0 Å². The fourth-order valence-corrected chi connectivity index (χ4v) is 4.03. The molecule has 1 aromatic rings. The third-order valence-electron chi connectivity index (χ3n) is 4.59. The Bertz CT molecular complexity index is 450. The number of halogens is 2. The van der Waals surface area contributed by atoms with Gasteiger partial charge in [0.05, 0.1) is 0 Å². The molecule has 3 heteroatoms. The second-order valence-electron chi connectivity index (χ2n) is 6.55. The average Bonchev–Trinajstić information content (AvgIpc) is 2.81. The zero-order chi connectivity index (χ0) is 14.8. The Morgan fingerprint density at radius 2 is 1.85 bits per heavy atom. The van der Waals surface area contributed by atoms with E-state index in [1.54, 1.807) is 6.07 Å². The second kappa shape index (κ2) is 6.21. The molecule has 0 bridgehead atoms. The molecule has 112 valence electrons. The molecule has 1 atom stereocenters. The SMILES string of the molecule is CNC(c1ccc(F)cc1F)C1(CC(C)C)CCCC1. The molecule has 0 spiro atoms. The minimum atomic E-state index is -0.509. The highest BCUT2D eigenvalue weighted by Crippen LogP contribution is 2.51. The van der Waals surface area contributed by atoms with E-state index in [-0.39, 0.29) is 11.5 Å². The minimum Gasteiger partial charge on any atom is -0.312 e. The first-order valence-corrected chi connectivity index (χ1v) is 7.61. The molecule has 1 aliphatic rings. The summed E-state index contributed by atoms with van der Waals surface area (Å²) < 4.78 is 27.3. The van der Waals surface area contributed by atoms with E-state index in [0.717, 1.165) is 25.3 Å². The molecular weight excluding hydrogens is 256 g/mol. The Labute approximate surface area is 120 Å². The predicted molar refractivity (Wildman–Crippen MR) is 78.5 cm³/mol. The van der Waals surface area contributed by atoms with Gasteiger partial charge in [-0.3, -0.25) is 0 Å². The predicted octanol–water partition coefficient (Wildman–Crippen LogP) is 4.83. The summed E-state index contributed by atoms with van der Waals surface area (Å²) >= 11 is 0. The summed E-state index contributed by atoms with van der Waals surface area (Å²) in [6.45, 7) is 4.43. The van der Waals surface area contributed by atoms with E-state index >= 15 is 0 Å². The molecule has 0 saturated heterocycles. The van der Waals surface area contributed by atoms with Gasteiger partial charge in [-0.15, -0.1) is 0 Å². The highest BCUT2D eigenvalue weighted by Gasteiger charge is 2.42. The quantitative estimate of drug-likeness (QED) is 0.815. The molecule has 0 aromatic heterocycles. The molecular formula is C17H25F2N. The van der Waals surface area contributed by atoms with Crippen molar-refractivity contribution in [3.05, 3.63) is 35.4 Å². The van der Waals surface area contributed by atoms with Gasteiger partial charge in [0, 0.05) is 17.7 Å². The van der Waals surface area contributed by atoms with Crippen molar-refractivity contribution in [1.29, 1.82) is 0 Å². The number of hydrogen-bond donors (Lipinski definition) is 1. The standard InChI is InChI=1S/C17H25F2N/c1-12(2)11-17(8-4-5-9-17)16(20-3)14-7-6-13(18)10-15(14)19/h6-7,10,12,16,20H,4-5,8-9,11H2,1-3H3. The van der Waals surface area contributed by atoms with Gasteiger partial charge in [0.25, 0.3) is 0 Å². The molecule has 1 N–H and O–H groups in total. The second-order valence-corrected chi connectivity index (χ2v) is 6.55. The zero-order valence-corrected chi connectivity index (χ0v) is 12.7. The average molecular weight is 281 g/mol. The summed E-state index contributed by atoms with van der Waals surface area (Å²) in [5.74, 6) is -0.364. The molecule has 1 unspecified atom stereocenters. The molecule has 1 fully saturated rings. The lowest BCUT2D eigenvalue weighted by molar-refractivity contribution is 0.158. The van der Waals surface area contributed by atoms with Gasteiger partial charge in [-0.2, -0.15) is 0 Å². The van der Waals surface area contributed by atoms with Crippen LogP contribution in [0.2, 0.25) is 0 Å². The lowest BCUT2D eigenvalue weighted by atomic mass is 9.70. The van der Waals surface area contributed by atoms with Crippen molar-refractivity contribution in [3.8, 4) is 0 Å². The van der Waals surface area contributed by atoms with Gasteiger partial charge < -0.3 is 5.32 Å². The lowest BCUT2D eigenvalue weighted by Gasteiger charge is -2.39. The van der Waals surface area contributed by atoms with Crippen LogP contribution >= 0.6 is 0 Å². The Hall–Kier alpha value is -0.960. The van der Waals surface area contributed by atoms with Crippen LogP contribution in [0.4, 0.5) is 8.78 Å². The van der Waals surface area contributed by atoms with Crippen LogP contribution in [0.5, 0.6) is 0 Å². The van der Waals surface area contributed by atoms with Crippen LogP contribution < -0.4 is 5.32 Å². The normalized spacial score (nSPS) is 19.5. The topological polar surface area (TPSA) is 12.0 Å². The van der Waals surface area contributed by atoms with Crippen LogP contribution in [0.25, 0.3) is 0 Å². The molecule has 0 radical (unpaired) electrons. The summed E-state index contributed by atoms with van der Waals surface area (Å²) in [6.07, 6.45) is 5.72. The first-order valence-electron chi connectivity index (χ1n) is 7.61. The molecule has 0 aliphatic heterocycles. The van der Waals surface area contributed by atoms with Gasteiger partial charge in [-0.1, -0.05) is 32.8 Å². The summed E-state index contributed by atoms with van der Waals surface area (Å²) in [6, 6.07) is 3.93. The zero-order valence-electron chi connectivity index (χ0n) is 12.7. The fourth-order valence-electron chi connectivity index (χ4n) is 4.03. The molecule has 1 nitrogen and oxygen atoms in total. The van der Waals surface area contributed by atoms with E-state index in [2.05, 4.69) is 19.2 Å². The molecule has 20 heavy (non-hydrogen) atoms. The number of hydrogen-bond acceptors (Lipinski definition) is 1. The monoisotopic (exact) mass is 281 g/mol. The first kappa shape index (κ1) is 15.4. The van der Waals surface area contributed by atoms with E-state index < -0.39 is 11.6 Å². The smallest absolute Gasteiger partial charge is 0.130 e. The first-order chi connectivity index (χ1) is 9.48. The highest BCUT2D eigenvalue weighted by atomic mass is 19.1. The van der Waals surface area contributed by atoms with E-state index in [9.17, 15) is 8.78 Å². The Kier molecular flexibility index (Phi) is 4.79. The molecule has 1 aliphatic carbocycles. The van der Waals surface area contributed by atoms with Crippen LogP contribution in [0.3, 0.4) is 0 Å². The van der Waals surface area contributed by atoms with Crippen LogP contribution in [0, 0.1) is 23.0 Å². The van der Waals surface area contributed by atoms with E-state index in [4.69, 9.17) is 0 Å². The van der Waals surface area contributed by atoms with Crippen molar-refractivity contribution in [3.63, 3.8) is 0 Å². The minimum absolute atomic E-state index is 0.0343. The third kappa shape index (κ3) is 3.03. The summed E-state index contributed by atoms with van der Waals surface area (Å²) in [5.41, 5.74) is 0.707. The van der Waals surface area contributed by atoms with Gasteiger partial charge in [0.1, 0.15) is 11.6 Å². The number of nitrogens with one attached hydrogen (secondary N) is 1. The van der Waals surface area contributed by atoms with Crippen LogP contribution in [-0.4, -0.2) is 7.05 Å². The third-order valence-corrected chi connectivity index (χ3v) is 4.59. The molecule has 1 aromatic carbocycles.